The van der Waals surface area contributed by atoms with E-state index in [1.54, 1.807) is 0 Å². The highest BCUT2D eigenvalue weighted by molar-refractivity contribution is 6.09. The van der Waals surface area contributed by atoms with Crippen LogP contribution < -0.4 is 0 Å². The maximum atomic E-state index is 12.5. The summed E-state index contributed by atoms with van der Waals surface area (Å²) in [6, 6.07) is 7.56. The van der Waals surface area contributed by atoms with E-state index in [9.17, 15) is 9.59 Å². The molecule has 4 nitrogen and oxygen atoms in total. The second-order valence-electron chi connectivity index (χ2n) is 7.06. The molecule has 0 spiro atoms. The number of hydrogen-bond donors (Lipinski definition) is 0. The van der Waals surface area contributed by atoms with Crippen LogP contribution in [0.25, 0.3) is 5.57 Å². The topological polar surface area (TPSA) is 52.6 Å². The third-order valence-corrected chi connectivity index (χ3v) is 6.37. The lowest BCUT2D eigenvalue weighted by Gasteiger charge is -2.67. The summed E-state index contributed by atoms with van der Waals surface area (Å²) in [5, 5.41) is 0. The summed E-state index contributed by atoms with van der Waals surface area (Å²) < 4.78 is 9.58. The van der Waals surface area contributed by atoms with Crippen molar-refractivity contribution >= 4 is 17.5 Å². The van der Waals surface area contributed by atoms with Crippen LogP contribution in [0.5, 0.6) is 0 Å². The van der Waals surface area contributed by atoms with Crippen molar-refractivity contribution in [3.63, 3.8) is 0 Å². The molecule has 26 heavy (non-hydrogen) atoms. The Hall–Kier alpha value is -2.80. The zero-order valence-electron chi connectivity index (χ0n) is 15.9. The van der Waals surface area contributed by atoms with Gasteiger partial charge >= 0.3 is 11.9 Å². The number of allylic oxidation sites excluding steroid dienone is 3. The average molecular weight is 350 g/mol. The van der Waals surface area contributed by atoms with E-state index in [0.29, 0.717) is 5.56 Å². The van der Waals surface area contributed by atoms with Crippen molar-refractivity contribution in [2.24, 2.45) is 10.8 Å². The summed E-state index contributed by atoms with van der Waals surface area (Å²) in [5.74, 6) is 4.33. The van der Waals surface area contributed by atoms with Gasteiger partial charge in [-0.25, -0.2) is 9.59 Å². The summed E-state index contributed by atoms with van der Waals surface area (Å²) in [6.45, 7) is 8.51. The standard InChI is InChI=1S/C22H22O4/c1-13-14(2)22(4)19(20(24)26-6)18(21(13,22)3)16-10-7-15(8-11-16)9-12-17(23)25-5/h7-8,10-11H,1-6H3. The Morgan fingerprint density at radius 2 is 1.50 bits per heavy atom. The first-order valence-electron chi connectivity index (χ1n) is 8.45. The number of hydrogen-bond acceptors (Lipinski definition) is 4. The second kappa shape index (κ2) is 5.88. The monoisotopic (exact) mass is 350 g/mol. The highest BCUT2D eigenvalue weighted by Crippen LogP contribution is 2.77. The minimum atomic E-state index is -0.572. The molecule has 2 unspecified atom stereocenters. The molecule has 0 aliphatic heterocycles. The van der Waals surface area contributed by atoms with E-state index in [4.69, 9.17) is 4.74 Å². The first kappa shape index (κ1) is 18.0. The van der Waals surface area contributed by atoms with E-state index in [2.05, 4.69) is 44.3 Å². The molecule has 0 bridgehead atoms. The Kier molecular flexibility index (Phi) is 4.07. The molecule has 134 valence electrons. The Balaban J connectivity index is 2.04. The molecule has 0 N–H and O–H groups in total. The van der Waals surface area contributed by atoms with Crippen LogP contribution in [0.3, 0.4) is 0 Å². The highest BCUT2D eigenvalue weighted by Gasteiger charge is 2.69. The van der Waals surface area contributed by atoms with Gasteiger partial charge < -0.3 is 9.47 Å². The smallest absolute Gasteiger partial charge is 0.384 e. The van der Waals surface area contributed by atoms with Crippen molar-refractivity contribution < 1.29 is 19.1 Å². The lowest BCUT2D eigenvalue weighted by atomic mass is 9.35. The van der Waals surface area contributed by atoms with Crippen LogP contribution in [-0.4, -0.2) is 26.2 Å². The van der Waals surface area contributed by atoms with Gasteiger partial charge in [-0.15, -0.1) is 0 Å². The minimum Gasteiger partial charge on any atom is -0.466 e. The molecule has 0 amide bonds. The SMILES string of the molecule is COC(=O)C#Cc1ccc(C2=C(C(=O)OC)C3(C)C(C)=C(C)C23C)cc1. The number of ether oxygens (including phenoxy) is 2. The molecule has 0 saturated heterocycles. The van der Waals surface area contributed by atoms with Gasteiger partial charge in [-0.3, -0.25) is 0 Å². The second-order valence-corrected chi connectivity index (χ2v) is 7.06. The minimum absolute atomic E-state index is 0.167. The molecule has 2 atom stereocenters. The van der Waals surface area contributed by atoms with Crippen molar-refractivity contribution in [3.05, 3.63) is 52.1 Å². The van der Waals surface area contributed by atoms with Gasteiger partial charge in [0.15, 0.2) is 0 Å². The van der Waals surface area contributed by atoms with Gasteiger partial charge in [0, 0.05) is 22.3 Å². The van der Waals surface area contributed by atoms with E-state index in [-0.39, 0.29) is 16.8 Å². The molecule has 4 heteroatoms. The summed E-state index contributed by atoms with van der Waals surface area (Å²) in [5.41, 5.74) is 5.54. The first-order chi connectivity index (χ1) is 12.2. The van der Waals surface area contributed by atoms with E-state index < -0.39 is 5.97 Å². The molecule has 0 radical (unpaired) electrons. The third-order valence-electron chi connectivity index (χ3n) is 6.37. The van der Waals surface area contributed by atoms with Crippen molar-refractivity contribution in [2.45, 2.75) is 27.7 Å². The van der Waals surface area contributed by atoms with Crippen molar-refractivity contribution in [3.8, 4) is 11.8 Å². The molecule has 2 aliphatic carbocycles. The molecule has 2 aliphatic rings. The van der Waals surface area contributed by atoms with Crippen LogP contribution in [-0.2, 0) is 19.1 Å². The van der Waals surface area contributed by atoms with Crippen LogP contribution in [0.15, 0.2) is 41.0 Å². The third kappa shape index (κ3) is 2.03. The zero-order chi connectivity index (χ0) is 19.3. The van der Waals surface area contributed by atoms with Gasteiger partial charge in [0.25, 0.3) is 0 Å². The van der Waals surface area contributed by atoms with Gasteiger partial charge in [-0.1, -0.05) is 43.0 Å². The van der Waals surface area contributed by atoms with Crippen LogP contribution in [0, 0.1) is 22.7 Å². The van der Waals surface area contributed by atoms with Gasteiger partial charge in [0.05, 0.1) is 19.8 Å². The Bertz CT molecular complexity index is 937. The van der Waals surface area contributed by atoms with Gasteiger partial charge in [0.2, 0.25) is 0 Å². The number of carbonyl (C=O) groups excluding carboxylic acids is 2. The highest BCUT2D eigenvalue weighted by atomic mass is 16.5. The summed E-state index contributed by atoms with van der Waals surface area (Å²) >= 11 is 0. The van der Waals surface area contributed by atoms with E-state index in [0.717, 1.165) is 16.7 Å². The fraction of sp³-hybridized carbons (Fsp3) is 0.364. The Labute approximate surface area is 153 Å². The van der Waals surface area contributed by atoms with Crippen molar-refractivity contribution in [1.82, 2.24) is 0 Å². The van der Waals surface area contributed by atoms with Crippen molar-refractivity contribution in [1.29, 1.82) is 0 Å². The molecular formula is C22H22O4. The number of fused-ring (bicyclic) bond motifs is 1. The van der Waals surface area contributed by atoms with Gasteiger partial charge in [-0.05, 0) is 37.1 Å². The zero-order valence-corrected chi connectivity index (χ0v) is 15.9. The lowest BCUT2D eigenvalue weighted by Crippen LogP contribution is -2.60. The van der Waals surface area contributed by atoms with Crippen LogP contribution in [0.4, 0.5) is 0 Å². The Morgan fingerprint density at radius 3 is 2.04 bits per heavy atom. The normalized spacial score (nSPS) is 26.1. The molecule has 1 aromatic rings. The van der Waals surface area contributed by atoms with Gasteiger partial charge in [0.1, 0.15) is 0 Å². The molecule has 1 aromatic carbocycles. The number of esters is 2. The molecule has 0 saturated carbocycles. The largest absolute Gasteiger partial charge is 0.466 e. The summed E-state index contributed by atoms with van der Waals surface area (Å²) in [6.07, 6.45) is 0. The van der Waals surface area contributed by atoms with E-state index >= 15 is 0 Å². The molecule has 0 heterocycles. The van der Waals surface area contributed by atoms with E-state index in [1.165, 1.54) is 25.4 Å². The van der Waals surface area contributed by atoms with E-state index in [1.807, 2.05) is 24.3 Å². The fourth-order valence-corrected chi connectivity index (χ4v) is 4.49. The Morgan fingerprint density at radius 1 is 0.923 bits per heavy atom. The van der Waals surface area contributed by atoms with Crippen LogP contribution in [0.2, 0.25) is 0 Å². The number of rotatable bonds is 2. The first-order valence-corrected chi connectivity index (χ1v) is 8.45. The number of methoxy groups -OCH3 is 2. The lowest BCUT2D eigenvalue weighted by molar-refractivity contribution is -0.139. The van der Waals surface area contributed by atoms with Crippen LogP contribution in [0.1, 0.15) is 38.8 Å². The predicted molar refractivity (Wildman–Crippen MR) is 98.9 cm³/mol. The molecular weight excluding hydrogens is 328 g/mol. The molecule has 0 aromatic heterocycles. The summed E-state index contributed by atoms with van der Waals surface area (Å²) in [4.78, 5) is 23.6. The maximum absolute atomic E-state index is 12.5. The maximum Gasteiger partial charge on any atom is 0.384 e. The van der Waals surface area contributed by atoms with Crippen LogP contribution >= 0.6 is 0 Å². The molecule has 3 rings (SSSR count). The summed E-state index contributed by atoms with van der Waals surface area (Å²) in [7, 11) is 2.72. The molecule has 0 fully saturated rings. The van der Waals surface area contributed by atoms with Crippen molar-refractivity contribution in [2.75, 3.05) is 14.2 Å². The van der Waals surface area contributed by atoms with Gasteiger partial charge in [-0.2, -0.15) is 0 Å². The quantitative estimate of drug-likeness (QED) is 0.465. The fourth-order valence-electron chi connectivity index (χ4n) is 4.49. The number of benzene rings is 1. The average Bonchev–Trinajstić information content (AvgIpc) is 2.67. The predicted octanol–water partition coefficient (Wildman–Crippen LogP) is 3.51. The number of carbonyl (C=O) groups is 2.